The lowest BCUT2D eigenvalue weighted by molar-refractivity contribution is -0.126. The molecule has 3 aromatic rings. The van der Waals surface area contributed by atoms with Crippen molar-refractivity contribution < 1.29 is 19.0 Å². The molecule has 1 aromatic carbocycles. The first-order valence-electron chi connectivity index (χ1n) is 10.5. The van der Waals surface area contributed by atoms with Crippen LogP contribution in [0.25, 0.3) is 17.0 Å². The van der Waals surface area contributed by atoms with Crippen LogP contribution >= 0.6 is 0 Å². The summed E-state index contributed by atoms with van der Waals surface area (Å²) < 4.78 is 18.1. The van der Waals surface area contributed by atoms with E-state index < -0.39 is 0 Å². The second-order valence-electron chi connectivity index (χ2n) is 7.51. The minimum absolute atomic E-state index is 0.124. The molecule has 31 heavy (non-hydrogen) atoms. The van der Waals surface area contributed by atoms with Crippen LogP contribution in [0.4, 0.5) is 0 Å². The highest BCUT2D eigenvalue weighted by Crippen LogP contribution is 2.32. The molecule has 0 saturated heterocycles. The van der Waals surface area contributed by atoms with Crippen molar-refractivity contribution in [2.75, 3.05) is 27.4 Å². The molecule has 2 heterocycles. The highest BCUT2D eigenvalue weighted by atomic mass is 16.5. The van der Waals surface area contributed by atoms with Crippen LogP contribution in [0.15, 0.2) is 30.3 Å². The number of hydrogen-bond acceptors (Lipinski definition) is 7. The van der Waals surface area contributed by atoms with Gasteiger partial charge in [0.25, 0.3) is 0 Å². The SMILES string of the molecule is COc1ccc(-c2nnc3ccc(OCCNC(=O)C4CCCCC4)nn23)c(OC)c1. The molecule has 1 saturated carbocycles. The molecule has 9 heteroatoms. The van der Waals surface area contributed by atoms with Gasteiger partial charge in [0.1, 0.15) is 18.1 Å². The Morgan fingerprint density at radius 1 is 1.10 bits per heavy atom. The summed E-state index contributed by atoms with van der Waals surface area (Å²) in [7, 11) is 3.19. The fourth-order valence-electron chi connectivity index (χ4n) is 3.84. The van der Waals surface area contributed by atoms with Gasteiger partial charge in [0.05, 0.1) is 26.3 Å². The predicted octanol–water partition coefficient (Wildman–Crippen LogP) is 2.88. The van der Waals surface area contributed by atoms with Crippen molar-refractivity contribution in [3.63, 3.8) is 0 Å². The molecule has 0 spiro atoms. The smallest absolute Gasteiger partial charge is 0.231 e. The average Bonchev–Trinajstić information content (AvgIpc) is 3.24. The molecule has 164 valence electrons. The lowest BCUT2D eigenvalue weighted by atomic mass is 9.89. The molecule has 1 aliphatic carbocycles. The predicted molar refractivity (Wildman–Crippen MR) is 114 cm³/mol. The summed E-state index contributed by atoms with van der Waals surface area (Å²) in [6, 6.07) is 8.99. The summed E-state index contributed by atoms with van der Waals surface area (Å²) in [4.78, 5) is 12.2. The molecule has 1 aliphatic rings. The molecule has 0 radical (unpaired) electrons. The molecular formula is C22H27N5O4. The fourth-order valence-corrected chi connectivity index (χ4v) is 3.84. The summed E-state index contributed by atoms with van der Waals surface area (Å²) in [6.45, 7) is 0.774. The van der Waals surface area contributed by atoms with Gasteiger partial charge in [0, 0.05) is 18.1 Å². The Hall–Kier alpha value is -3.36. The van der Waals surface area contributed by atoms with E-state index in [0.717, 1.165) is 31.2 Å². The second-order valence-corrected chi connectivity index (χ2v) is 7.51. The Morgan fingerprint density at radius 2 is 1.94 bits per heavy atom. The van der Waals surface area contributed by atoms with E-state index in [1.54, 1.807) is 36.9 Å². The van der Waals surface area contributed by atoms with Crippen LogP contribution in [0.5, 0.6) is 17.4 Å². The molecule has 2 aromatic heterocycles. The maximum Gasteiger partial charge on any atom is 0.231 e. The quantitative estimate of drug-likeness (QED) is 0.554. The van der Waals surface area contributed by atoms with Gasteiger partial charge in [0.15, 0.2) is 11.5 Å². The van der Waals surface area contributed by atoms with Crippen LogP contribution in [0.1, 0.15) is 32.1 Å². The Bertz CT molecular complexity index is 1050. The van der Waals surface area contributed by atoms with E-state index in [1.807, 2.05) is 12.1 Å². The topological polar surface area (TPSA) is 99.9 Å². The number of aromatic nitrogens is 4. The minimum atomic E-state index is 0.124. The number of methoxy groups -OCH3 is 2. The summed E-state index contributed by atoms with van der Waals surface area (Å²) >= 11 is 0. The Balaban J connectivity index is 1.43. The second kappa shape index (κ2) is 9.63. The van der Waals surface area contributed by atoms with Gasteiger partial charge in [-0.05, 0) is 31.0 Å². The molecule has 0 unspecified atom stereocenters. The van der Waals surface area contributed by atoms with Crippen molar-refractivity contribution in [2.24, 2.45) is 5.92 Å². The van der Waals surface area contributed by atoms with Gasteiger partial charge in [-0.15, -0.1) is 15.3 Å². The normalized spacial score (nSPS) is 14.4. The first kappa shape index (κ1) is 20.9. The van der Waals surface area contributed by atoms with Crippen molar-refractivity contribution >= 4 is 11.6 Å². The Labute approximate surface area is 180 Å². The molecule has 1 amide bonds. The Kier molecular flexibility index (Phi) is 6.49. The van der Waals surface area contributed by atoms with Crippen LogP contribution in [-0.2, 0) is 4.79 Å². The van der Waals surface area contributed by atoms with Crippen LogP contribution < -0.4 is 19.5 Å². The maximum atomic E-state index is 12.2. The highest BCUT2D eigenvalue weighted by Gasteiger charge is 2.20. The van der Waals surface area contributed by atoms with Gasteiger partial charge < -0.3 is 19.5 Å². The number of hydrogen-bond donors (Lipinski definition) is 1. The number of nitrogens with zero attached hydrogens (tertiary/aromatic N) is 4. The molecule has 1 fully saturated rings. The highest BCUT2D eigenvalue weighted by molar-refractivity contribution is 5.78. The van der Waals surface area contributed by atoms with Gasteiger partial charge in [-0.2, -0.15) is 4.52 Å². The third kappa shape index (κ3) is 4.70. The standard InChI is InChI=1S/C22H27N5O4/c1-29-16-8-9-17(18(14-16)30-2)21-25-24-19-10-11-20(26-27(19)21)31-13-12-23-22(28)15-6-4-3-5-7-15/h8-11,14-15H,3-7,12-13H2,1-2H3,(H,23,28). The third-order valence-electron chi connectivity index (χ3n) is 5.52. The fraction of sp³-hybridized carbons (Fsp3) is 0.455. The monoisotopic (exact) mass is 425 g/mol. The number of ether oxygens (including phenoxy) is 3. The molecule has 4 rings (SSSR count). The molecule has 9 nitrogen and oxygen atoms in total. The minimum Gasteiger partial charge on any atom is -0.497 e. The average molecular weight is 425 g/mol. The summed E-state index contributed by atoms with van der Waals surface area (Å²) in [5.74, 6) is 2.51. The summed E-state index contributed by atoms with van der Waals surface area (Å²) in [6.07, 6.45) is 5.47. The van der Waals surface area contributed by atoms with E-state index in [-0.39, 0.29) is 11.8 Å². The lowest BCUT2D eigenvalue weighted by Crippen LogP contribution is -2.34. The van der Waals surface area contributed by atoms with E-state index in [9.17, 15) is 4.79 Å². The number of amides is 1. The van der Waals surface area contributed by atoms with Crippen LogP contribution in [0.2, 0.25) is 0 Å². The van der Waals surface area contributed by atoms with Gasteiger partial charge in [-0.25, -0.2) is 0 Å². The number of nitrogens with one attached hydrogen (secondary N) is 1. The third-order valence-corrected chi connectivity index (χ3v) is 5.52. The molecule has 1 N–H and O–H groups in total. The lowest BCUT2D eigenvalue weighted by Gasteiger charge is -2.20. The van der Waals surface area contributed by atoms with E-state index in [4.69, 9.17) is 14.2 Å². The van der Waals surface area contributed by atoms with Gasteiger partial charge >= 0.3 is 0 Å². The van der Waals surface area contributed by atoms with Crippen molar-refractivity contribution in [2.45, 2.75) is 32.1 Å². The van der Waals surface area contributed by atoms with Gasteiger partial charge in [-0.1, -0.05) is 19.3 Å². The van der Waals surface area contributed by atoms with Gasteiger partial charge in [0.2, 0.25) is 11.8 Å². The molecule has 0 bridgehead atoms. The maximum absolute atomic E-state index is 12.2. The van der Waals surface area contributed by atoms with Crippen molar-refractivity contribution in [1.29, 1.82) is 0 Å². The summed E-state index contributed by atoms with van der Waals surface area (Å²) in [5, 5.41) is 15.9. The zero-order valence-electron chi connectivity index (χ0n) is 17.8. The molecule has 0 atom stereocenters. The number of fused-ring (bicyclic) bond motifs is 1. The van der Waals surface area contributed by atoms with E-state index in [1.165, 1.54) is 6.42 Å². The Morgan fingerprint density at radius 3 is 2.71 bits per heavy atom. The number of benzene rings is 1. The van der Waals surface area contributed by atoms with E-state index >= 15 is 0 Å². The largest absolute Gasteiger partial charge is 0.497 e. The first-order valence-corrected chi connectivity index (χ1v) is 10.5. The number of carbonyl (C=O) groups excluding carboxylic acids is 1. The zero-order valence-corrected chi connectivity index (χ0v) is 17.8. The van der Waals surface area contributed by atoms with Crippen LogP contribution in [0.3, 0.4) is 0 Å². The van der Waals surface area contributed by atoms with E-state index in [2.05, 4.69) is 20.6 Å². The summed E-state index contributed by atoms with van der Waals surface area (Å²) in [5.41, 5.74) is 1.33. The van der Waals surface area contributed by atoms with Crippen LogP contribution in [-0.4, -0.2) is 53.1 Å². The zero-order chi connectivity index (χ0) is 21.6. The first-order chi connectivity index (χ1) is 15.2. The molecular weight excluding hydrogens is 398 g/mol. The van der Waals surface area contributed by atoms with Crippen molar-refractivity contribution in [3.8, 4) is 28.8 Å². The van der Waals surface area contributed by atoms with Crippen molar-refractivity contribution in [1.82, 2.24) is 25.1 Å². The molecule has 0 aliphatic heterocycles. The van der Waals surface area contributed by atoms with E-state index in [0.29, 0.717) is 42.0 Å². The van der Waals surface area contributed by atoms with Crippen molar-refractivity contribution in [3.05, 3.63) is 30.3 Å². The number of rotatable bonds is 8. The number of carbonyl (C=O) groups is 1. The van der Waals surface area contributed by atoms with Gasteiger partial charge in [-0.3, -0.25) is 4.79 Å². The van der Waals surface area contributed by atoms with Crippen LogP contribution in [0, 0.1) is 5.92 Å².